The minimum absolute atomic E-state index is 0.0829. The quantitative estimate of drug-likeness (QED) is 0.735. The van der Waals surface area contributed by atoms with Crippen molar-refractivity contribution in [3.05, 3.63) is 68.3 Å². The summed E-state index contributed by atoms with van der Waals surface area (Å²) < 4.78 is 5.68. The van der Waals surface area contributed by atoms with Crippen LogP contribution in [0, 0.1) is 6.92 Å². The number of nitrogens with one attached hydrogen (secondary N) is 1. The van der Waals surface area contributed by atoms with Gasteiger partial charge >= 0.3 is 0 Å². The molecule has 6 heteroatoms. The number of rotatable bonds is 6. The van der Waals surface area contributed by atoms with Gasteiger partial charge in [0, 0.05) is 21.5 Å². The highest BCUT2D eigenvalue weighted by atomic mass is 32.1. The zero-order valence-electron chi connectivity index (χ0n) is 12.6. The van der Waals surface area contributed by atoms with Gasteiger partial charge in [-0.05, 0) is 42.6 Å². The molecule has 1 N–H and O–H groups in total. The number of aryl methyl sites for hydroxylation is 1. The molecule has 0 saturated heterocycles. The van der Waals surface area contributed by atoms with Gasteiger partial charge in [0.05, 0.1) is 6.54 Å². The zero-order chi connectivity index (χ0) is 16.1. The van der Waals surface area contributed by atoms with Crippen LogP contribution in [0.5, 0.6) is 5.75 Å². The van der Waals surface area contributed by atoms with Crippen LogP contribution in [0.4, 0.5) is 0 Å². The molecule has 23 heavy (non-hydrogen) atoms. The predicted molar refractivity (Wildman–Crippen MR) is 93.1 cm³/mol. The molecule has 0 fully saturated rings. The van der Waals surface area contributed by atoms with E-state index in [0.717, 1.165) is 21.3 Å². The molecule has 3 rings (SSSR count). The van der Waals surface area contributed by atoms with Crippen molar-refractivity contribution in [3.8, 4) is 5.75 Å². The van der Waals surface area contributed by atoms with Gasteiger partial charge in [0.2, 0.25) is 0 Å². The molecule has 0 saturated carbocycles. The van der Waals surface area contributed by atoms with Gasteiger partial charge in [0.15, 0.2) is 0 Å². The Hall–Kier alpha value is -2.18. The maximum Gasteiger partial charge on any atom is 0.251 e. The van der Waals surface area contributed by atoms with Gasteiger partial charge in [0.1, 0.15) is 17.4 Å². The fraction of sp³-hybridized carbons (Fsp3) is 0.176. The number of hydrogen-bond acceptors (Lipinski definition) is 5. The largest absolute Gasteiger partial charge is 0.486 e. The number of nitrogens with zero attached hydrogens (tertiary/aromatic N) is 1. The molecule has 3 aromatic rings. The Kier molecular flexibility index (Phi) is 5.05. The summed E-state index contributed by atoms with van der Waals surface area (Å²) in [5.74, 6) is 0.646. The summed E-state index contributed by atoms with van der Waals surface area (Å²) in [5, 5.41) is 7.85. The molecule has 2 heterocycles. The number of hydrogen-bond donors (Lipinski definition) is 1. The number of aromatic nitrogens is 1. The van der Waals surface area contributed by atoms with Gasteiger partial charge in [-0.25, -0.2) is 4.98 Å². The van der Waals surface area contributed by atoms with E-state index in [-0.39, 0.29) is 5.91 Å². The first-order chi connectivity index (χ1) is 11.2. The lowest BCUT2D eigenvalue weighted by atomic mass is 10.2. The van der Waals surface area contributed by atoms with E-state index >= 15 is 0 Å². The van der Waals surface area contributed by atoms with Crippen LogP contribution in [0.15, 0.2) is 47.2 Å². The first kappa shape index (κ1) is 15.7. The van der Waals surface area contributed by atoms with Gasteiger partial charge in [-0.3, -0.25) is 4.79 Å². The van der Waals surface area contributed by atoms with Crippen LogP contribution in [0.25, 0.3) is 0 Å². The zero-order valence-corrected chi connectivity index (χ0v) is 14.2. The Balaban J connectivity index is 1.52. The van der Waals surface area contributed by atoms with Crippen LogP contribution in [0.1, 0.15) is 25.9 Å². The lowest BCUT2D eigenvalue weighted by Gasteiger charge is -2.06. The summed E-state index contributed by atoms with van der Waals surface area (Å²) in [4.78, 5) is 17.6. The normalized spacial score (nSPS) is 10.5. The van der Waals surface area contributed by atoms with Crippen molar-refractivity contribution in [2.24, 2.45) is 0 Å². The van der Waals surface area contributed by atoms with Gasteiger partial charge in [0.25, 0.3) is 5.91 Å². The third-order valence-electron chi connectivity index (χ3n) is 3.15. The number of thiophene rings is 1. The van der Waals surface area contributed by atoms with Crippen LogP contribution in [0.3, 0.4) is 0 Å². The van der Waals surface area contributed by atoms with Gasteiger partial charge in [-0.2, -0.15) is 0 Å². The molecule has 0 atom stereocenters. The smallest absolute Gasteiger partial charge is 0.251 e. The molecule has 0 aliphatic heterocycles. The number of benzene rings is 1. The lowest BCUT2D eigenvalue weighted by molar-refractivity contribution is 0.0951. The second-order valence-electron chi connectivity index (χ2n) is 4.96. The van der Waals surface area contributed by atoms with E-state index in [1.807, 2.05) is 29.8 Å². The van der Waals surface area contributed by atoms with E-state index in [2.05, 4.69) is 10.3 Å². The Labute approximate surface area is 142 Å². The molecule has 0 bridgehead atoms. The van der Waals surface area contributed by atoms with Crippen LogP contribution >= 0.6 is 22.7 Å². The number of amides is 1. The number of carbonyl (C=O) groups excluding carboxylic acids is 1. The summed E-state index contributed by atoms with van der Waals surface area (Å²) in [7, 11) is 0. The van der Waals surface area contributed by atoms with Crippen molar-refractivity contribution in [1.29, 1.82) is 0 Å². The monoisotopic (exact) mass is 344 g/mol. The highest BCUT2D eigenvalue weighted by Crippen LogP contribution is 2.16. The van der Waals surface area contributed by atoms with E-state index in [1.165, 1.54) is 0 Å². The van der Waals surface area contributed by atoms with Gasteiger partial charge < -0.3 is 10.1 Å². The molecule has 4 nitrogen and oxygen atoms in total. The highest BCUT2D eigenvalue weighted by molar-refractivity contribution is 7.10. The van der Waals surface area contributed by atoms with Crippen molar-refractivity contribution >= 4 is 28.6 Å². The van der Waals surface area contributed by atoms with Crippen molar-refractivity contribution in [3.63, 3.8) is 0 Å². The molecule has 0 radical (unpaired) electrons. The van der Waals surface area contributed by atoms with Crippen molar-refractivity contribution < 1.29 is 9.53 Å². The van der Waals surface area contributed by atoms with E-state index in [9.17, 15) is 4.79 Å². The number of carbonyl (C=O) groups is 1. The minimum atomic E-state index is -0.0829. The molecule has 0 aliphatic carbocycles. The third-order valence-corrected chi connectivity index (χ3v) is 4.97. The SMILES string of the molecule is Cc1csc(COc2ccc(C(=O)NCc3cccs3)cc2)n1. The predicted octanol–water partition coefficient (Wildman–Crippen LogP) is 4.02. The average molecular weight is 344 g/mol. The second-order valence-corrected chi connectivity index (χ2v) is 6.93. The van der Waals surface area contributed by atoms with Gasteiger partial charge in [-0.15, -0.1) is 22.7 Å². The Morgan fingerprint density at radius 3 is 2.70 bits per heavy atom. The van der Waals surface area contributed by atoms with Crippen LogP contribution in [-0.2, 0) is 13.2 Å². The highest BCUT2D eigenvalue weighted by Gasteiger charge is 2.06. The summed E-state index contributed by atoms with van der Waals surface area (Å²) in [5.41, 5.74) is 1.63. The molecule has 0 unspecified atom stereocenters. The Morgan fingerprint density at radius 2 is 2.04 bits per heavy atom. The Morgan fingerprint density at radius 1 is 1.22 bits per heavy atom. The minimum Gasteiger partial charge on any atom is -0.486 e. The molecule has 0 aliphatic rings. The topological polar surface area (TPSA) is 51.2 Å². The first-order valence-corrected chi connectivity index (χ1v) is 8.91. The van der Waals surface area contributed by atoms with E-state index in [0.29, 0.717) is 18.7 Å². The van der Waals surface area contributed by atoms with Crippen LogP contribution < -0.4 is 10.1 Å². The van der Waals surface area contributed by atoms with Crippen molar-refractivity contribution in [2.45, 2.75) is 20.1 Å². The molecular weight excluding hydrogens is 328 g/mol. The van der Waals surface area contributed by atoms with Crippen molar-refractivity contribution in [2.75, 3.05) is 0 Å². The summed E-state index contributed by atoms with van der Waals surface area (Å²) >= 11 is 3.21. The number of ether oxygens (including phenoxy) is 1. The molecule has 2 aromatic heterocycles. The summed E-state index contributed by atoms with van der Waals surface area (Å²) in [6.45, 7) is 2.96. The lowest BCUT2D eigenvalue weighted by Crippen LogP contribution is -2.22. The van der Waals surface area contributed by atoms with Gasteiger partial charge in [-0.1, -0.05) is 6.07 Å². The maximum absolute atomic E-state index is 12.1. The van der Waals surface area contributed by atoms with Crippen LogP contribution in [-0.4, -0.2) is 10.9 Å². The third kappa shape index (κ3) is 4.40. The maximum atomic E-state index is 12.1. The summed E-state index contributed by atoms with van der Waals surface area (Å²) in [6, 6.07) is 11.1. The van der Waals surface area contributed by atoms with Crippen LogP contribution in [0.2, 0.25) is 0 Å². The fourth-order valence-electron chi connectivity index (χ4n) is 2.00. The van der Waals surface area contributed by atoms with Crippen molar-refractivity contribution in [1.82, 2.24) is 10.3 Å². The number of thiazole rings is 1. The molecule has 1 amide bonds. The molecular formula is C17H16N2O2S2. The first-order valence-electron chi connectivity index (χ1n) is 7.15. The molecule has 0 spiro atoms. The molecule has 1 aromatic carbocycles. The average Bonchev–Trinajstić information content (AvgIpc) is 3.22. The van der Waals surface area contributed by atoms with E-state index < -0.39 is 0 Å². The van der Waals surface area contributed by atoms with E-state index in [1.54, 1.807) is 46.9 Å². The summed E-state index contributed by atoms with van der Waals surface area (Å²) in [6.07, 6.45) is 0. The standard InChI is InChI=1S/C17H16N2O2S2/c1-12-11-23-16(19-12)10-21-14-6-4-13(5-7-14)17(20)18-9-15-3-2-8-22-15/h2-8,11H,9-10H2,1H3,(H,18,20). The molecule has 118 valence electrons. The van der Waals surface area contributed by atoms with E-state index in [4.69, 9.17) is 4.74 Å². The fourth-order valence-corrected chi connectivity index (χ4v) is 3.33. The second kappa shape index (κ2) is 7.39. The Bertz CT molecular complexity index is 764.